The van der Waals surface area contributed by atoms with Crippen molar-refractivity contribution in [3.8, 4) is 5.88 Å². The number of alkyl halides is 3. The number of fused-ring (bicyclic) bond motifs is 1. The van der Waals surface area contributed by atoms with E-state index in [-0.39, 0.29) is 17.4 Å². The molecule has 3 aromatic heterocycles. The maximum absolute atomic E-state index is 14.1. The van der Waals surface area contributed by atoms with E-state index in [1.54, 1.807) is 23.4 Å². The minimum Gasteiger partial charge on any atom is -0.474 e. The Morgan fingerprint density at radius 2 is 1.87 bits per heavy atom. The van der Waals surface area contributed by atoms with E-state index >= 15 is 0 Å². The maximum Gasteiger partial charge on any atom is 0.422 e. The van der Waals surface area contributed by atoms with Crippen LogP contribution in [0.3, 0.4) is 0 Å². The number of piperidine rings is 1. The smallest absolute Gasteiger partial charge is 0.422 e. The van der Waals surface area contributed by atoms with Gasteiger partial charge >= 0.3 is 6.18 Å². The van der Waals surface area contributed by atoms with Gasteiger partial charge in [-0.2, -0.15) is 13.2 Å². The second kappa shape index (κ2) is 7.69. The first kappa shape index (κ1) is 20.1. The molecule has 3 aromatic rings. The monoisotopic (exact) mass is 431 g/mol. The van der Waals surface area contributed by atoms with Gasteiger partial charge in [-0.1, -0.05) is 6.07 Å². The molecule has 0 radical (unpaired) electrons. The Kier molecular flexibility index (Phi) is 4.98. The van der Waals surface area contributed by atoms with Gasteiger partial charge in [0.25, 0.3) is 0 Å². The van der Waals surface area contributed by atoms with Crippen molar-refractivity contribution in [3.63, 3.8) is 0 Å². The summed E-state index contributed by atoms with van der Waals surface area (Å²) in [5.74, 6) is 1.71. The number of halogens is 3. The first-order valence-electron chi connectivity index (χ1n) is 10.7. The van der Waals surface area contributed by atoms with E-state index in [0.29, 0.717) is 50.0 Å². The topological polar surface area (TPSA) is 55.5 Å². The molecule has 0 atom stereocenters. The fraction of sp³-hybridized carbons (Fsp3) is 0.500. The van der Waals surface area contributed by atoms with Crippen LogP contribution in [0, 0.1) is 12.8 Å². The number of pyridine rings is 2. The fourth-order valence-electron chi connectivity index (χ4n) is 4.22. The SMILES string of the molecule is Cc1cccnc1OC1CCN(c2ccn3c(CC4CC4)nnc3c2C(F)(F)F)CC1. The predicted octanol–water partition coefficient (Wildman–Crippen LogP) is 4.45. The minimum atomic E-state index is -4.51. The molecule has 0 N–H and O–H groups in total. The zero-order valence-electron chi connectivity index (χ0n) is 17.3. The second-order valence-corrected chi connectivity index (χ2v) is 8.46. The maximum atomic E-state index is 14.1. The van der Waals surface area contributed by atoms with Crippen molar-refractivity contribution in [2.45, 2.75) is 51.3 Å². The summed E-state index contributed by atoms with van der Waals surface area (Å²) in [6.45, 7) is 2.87. The van der Waals surface area contributed by atoms with Crippen molar-refractivity contribution >= 4 is 11.3 Å². The van der Waals surface area contributed by atoms with Gasteiger partial charge in [0.1, 0.15) is 17.5 Å². The van der Waals surface area contributed by atoms with Crippen LogP contribution in [-0.2, 0) is 12.6 Å². The van der Waals surface area contributed by atoms with Gasteiger partial charge in [-0.25, -0.2) is 4.98 Å². The summed E-state index contributed by atoms with van der Waals surface area (Å²) in [7, 11) is 0. The van der Waals surface area contributed by atoms with E-state index in [0.717, 1.165) is 18.4 Å². The zero-order valence-corrected chi connectivity index (χ0v) is 17.3. The number of ether oxygens (including phenoxy) is 1. The number of hydrogen-bond acceptors (Lipinski definition) is 5. The molecule has 0 amide bonds. The first-order chi connectivity index (χ1) is 14.9. The molecule has 1 aliphatic carbocycles. The average molecular weight is 431 g/mol. The van der Waals surface area contributed by atoms with Gasteiger partial charge in [0.15, 0.2) is 5.65 Å². The third-order valence-electron chi connectivity index (χ3n) is 6.10. The van der Waals surface area contributed by atoms with E-state index in [2.05, 4.69) is 15.2 Å². The van der Waals surface area contributed by atoms with Crippen molar-refractivity contribution in [3.05, 3.63) is 47.5 Å². The lowest BCUT2D eigenvalue weighted by Crippen LogP contribution is -2.39. The van der Waals surface area contributed by atoms with E-state index < -0.39 is 11.7 Å². The highest BCUT2D eigenvalue weighted by Gasteiger charge is 2.40. The van der Waals surface area contributed by atoms with E-state index in [9.17, 15) is 13.2 Å². The third kappa shape index (κ3) is 4.05. The normalized spacial score (nSPS) is 18.0. The summed E-state index contributed by atoms with van der Waals surface area (Å²) in [4.78, 5) is 6.04. The van der Waals surface area contributed by atoms with E-state index in [4.69, 9.17) is 4.74 Å². The largest absolute Gasteiger partial charge is 0.474 e. The van der Waals surface area contributed by atoms with Crippen LogP contribution >= 0.6 is 0 Å². The lowest BCUT2D eigenvalue weighted by atomic mass is 10.1. The van der Waals surface area contributed by atoms with Gasteiger partial charge in [0.2, 0.25) is 5.88 Å². The molecular formula is C22H24F3N5O. The summed E-state index contributed by atoms with van der Waals surface area (Å²) in [6.07, 6.45) is 2.91. The molecule has 0 bridgehead atoms. The molecule has 9 heteroatoms. The molecule has 31 heavy (non-hydrogen) atoms. The van der Waals surface area contributed by atoms with Crippen LogP contribution in [0.4, 0.5) is 18.9 Å². The molecule has 0 aromatic carbocycles. The Morgan fingerprint density at radius 1 is 1.10 bits per heavy atom. The number of aryl methyl sites for hydroxylation is 1. The summed E-state index contributed by atoms with van der Waals surface area (Å²) < 4.78 is 49.8. The molecule has 2 fully saturated rings. The molecule has 1 aliphatic heterocycles. The van der Waals surface area contributed by atoms with Crippen LogP contribution in [0.5, 0.6) is 5.88 Å². The molecule has 1 saturated carbocycles. The molecule has 1 saturated heterocycles. The van der Waals surface area contributed by atoms with Crippen LogP contribution in [0.1, 0.15) is 42.6 Å². The standard InChI is InChI=1S/C22H24F3N5O/c1-14-3-2-9-26-21(14)31-16-6-10-29(11-7-16)17-8-12-30-18(13-15-4-5-15)27-28-20(30)19(17)22(23,24)25/h2-3,8-9,12,15-16H,4-7,10-11,13H2,1H3. The number of anilines is 1. The highest BCUT2D eigenvalue weighted by atomic mass is 19.4. The number of aromatic nitrogens is 4. The van der Waals surface area contributed by atoms with Gasteiger partial charge in [-0.05, 0) is 37.8 Å². The minimum absolute atomic E-state index is 0.0684. The predicted molar refractivity (Wildman–Crippen MR) is 109 cm³/mol. The quantitative estimate of drug-likeness (QED) is 0.597. The Hall–Kier alpha value is -2.84. The molecule has 4 heterocycles. The lowest BCUT2D eigenvalue weighted by Gasteiger charge is -2.35. The Morgan fingerprint density at radius 3 is 2.55 bits per heavy atom. The van der Waals surface area contributed by atoms with Crippen molar-refractivity contribution in [2.24, 2.45) is 5.92 Å². The molecule has 6 nitrogen and oxygen atoms in total. The van der Waals surface area contributed by atoms with Gasteiger partial charge in [0.05, 0.1) is 5.69 Å². The van der Waals surface area contributed by atoms with Crippen molar-refractivity contribution in [2.75, 3.05) is 18.0 Å². The fourth-order valence-corrected chi connectivity index (χ4v) is 4.22. The molecule has 0 unspecified atom stereocenters. The highest BCUT2D eigenvalue weighted by Crippen LogP contribution is 2.41. The lowest BCUT2D eigenvalue weighted by molar-refractivity contribution is -0.136. The van der Waals surface area contributed by atoms with Crippen LogP contribution in [0.25, 0.3) is 5.65 Å². The second-order valence-electron chi connectivity index (χ2n) is 8.46. The molecular weight excluding hydrogens is 407 g/mol. The van der Waals surface area contributed by atoms with Gasteiger partial charge in [0, 0.05) is 50.3 Å². The zero-order chi connectivity index (χ0) is 21.6. The average Bonchev–Trinajstić information content (AvgIpc) is 3.47. The van der Waals surface area contributed by atoms with Crippen LogP contribution < -0.4 is 9.64 Å². The van der Waals surface area contributed by atoms with Gasteiger partial charge < -0.3 is 9.64 Å². The number of rotatable bonds is 5. The summed E-state index contributed by atoms with van der Waals surface area (Å²) in [5, 5.41) is 8.01. The molecule has 164 valence electrons. The summed E-state index contributed by atoms with van der Waals surface area (Å²) in [5.41, 5.74) is 0.300. The Bertz CT molecular complexity index is 1080. The third-order valence-corrected chi connectivity index (χ3v) is 6.10. The van der Waals surface area contributed by atoms with Crippen molar-refractivity contribution in [1.82, 2.24) is 19.6 Å². The van der Waals surface area contributed by atoms with E-state index in [1.807, 2.05) is 19.1 Å². The van der Waals surface area contributed by atoms with Crippen LogP contribution in [0.15, 0.2) is 30.6 Å². The Balaban J connectivity index is 1.38. The van der Waals surface area contributed by atoms with Crippen LogP contribution in [0.2, 0.25) is 0 Å². The summed E-state index contributed by atoms with van der Waals surface area (Å²) >= 11 is 0. The molecule has 5 rings (SSSR count). The molecule has 0 spiro atoms. The Labute approximate surface area is 178 Å². The number of nitrogens with zero attached hydrogens (tertiary/aromatic N) is 5. The molecule has 2 aliphatic rings. The van der Waals surface area contributed by atoms with Gasteiger partial charge in [-0.15, -0.1) is 10.2 Å². The van der Waals surface area contributed by atoms with E-state index in [1.165, 1.54) is 4.40 Å². The summed E-state index contributed by atoms with van der Waals surface area (Å²) in [6, 6.07) is 5.33. The highest BCUT2D eigenvalue weighted by molar-refractivity contribution is 5.67. The van der Waals surface area contributed by atoms with Crippen molar-refractivity contribution < 1.29 is 17.9 Å². The van der Waals surface area contributed by atoms with Crippen molar-refractivity contribution in [1.29, 1.82) is 0 Å². The van der Waals surface area contributed by atoms with Crippen LogP contribution in [-0.4, -0.2) is 38.8 Å². The van der Waals surface area contributed by atoms with Gasteiger partial charge in [-0.3, -0.25) is 4.40 Å². The first-order valence-corrected chi connectivity index (χ1v) is 10.7. The number of hydrogen-bond donors (Lipinski definition) is 0.